The van der Waals surface area contributed by atoms with Crippen LogP contribution in [0.5, 0.6) is 0 Å². The van der Waals surface area contributed by atoms with Crippen molar-refractivity contribution in [2.75, 3.05) is 25.0 Å². The number of fused-ring (bicyclic) bond motifs is 1. The van der Waals surface area contributed by atoms with E-state index in [-0.39, 0.29) is 0 Å². The Morgan fingerprint density at radius 3 is 2.65 bits per heavy atom. The number of nitrogens with zero attached hydrogens (tertiary/aromatic N) is 2. The minimum Gasteiger partial charge on any atom is -0.380 e. The van der Waals surface area contributed by atoms with Crippen molar-refractivity contribution in [3.63, 3.8) is 0 Å². The molecule has 1 aromatic carbocycles. The minimum absolute atomic E-state index is 0.630. The van der Waals surface area contributed by atoms with Crippen LogP contribution in [0.4, 0.5) is 5.69 Å². The number of anilines is 1. The number of hydrogen-bond acceptors (Lipinski definition) is 3. The van der Waals surface area contributed by atoms with E-state index in [4.69, 9.17) is 4.98 Å². The van der Waals surface area contributed by atoms with Gasteiger partial charge >= 0.3 is 0 Å². The smallest absolute Gasteiger partial charge is 0.0704 e. The number of nitrogens with one attached hydrogen (secondary N) is 2. The highest BCUT2D eigenvalue weighted by Gasteiger charge is 2.47. The lowest BCUT2D eigenvalue weighted by molar-refractivity contribution is -0.0269. The highest BCUT2D eigenvalue weighted by molar-refractivity contribution is 5.84. The second kappa shape index (κ2) is 5.58. The lowest BCUT2D eigenvalue weighted by atomic mass is 9.65. The van der Waals surface area contributed by atoms with Crippen molar-refractivity contribution in [2.24, 2.45) is 17.8 Å². The van der Waals surface area contributed by atoms with Crippen LogP contribution < -0.4 is 5.32 Å². The molecule has 0 spiro atoms. The largest absolute Gasteiger partial charge is 0.380 e. The highest BCUT2D eigenvalue weighted by atomic mass is 15.2. The SMILES string of the molecule is c1cc2ccc(-c3ccc(NC4C5CC6CC4CN(C6)C5)cn3)cc2[nH]1. The Kier molecular flexibility index (Phi) is 3.18. The van der Waals surface area contributed by atoms with Crippen LogP contribution in [-0.4, -0.2) is 40.5 Å². The van der Waals surface area contributed by atoms with Gasteiger partial charge in [0.1, 0.15) is 0 Å². The van der Waals surface area contributed by atoms with Crippen molar-refractivity contribution in [1.82, 2.24) is 14.9 Å². The lowest BCUT2D eigenvalue weighted by Gasteiger charge is -2.56. The molecule has 1 aliphatic carbocycles. The molecule has 3 aliphatic heterocycles. The van der Waals surface area contributed by atoms with E-state index < -0.39 is 0 Å². The van der Waals surface area contributed by atoms with Crippen molar-refractivity contribution < 1.29 is 0 Å². The van der Waals surface area contributed by atoms with Crippen LogP contribution in [0.25, 0.3) is 22.2 Å². The molecule has 4 heteroatoms. The monoisotopic (exact) mass is 344 g/mol. The first-order valence-electron chi connectivity index (χ1n) is 9.84. The van der Waals surface area contributed by atoms with Crippen molar-refractivity contribution in [3.8, 4) is 11.3 Å². The molecule has 4 fully saturated rings. The molecule has 2 N–H and O–H groups in total. The van der Waals surface area contributed by atoms with Crippen molar-refractivity contribution in [2.45, 2.75) is 18.9 Å². The van der Waals surface area contributed by atoms with Crippen molar-refractivity contribution >= 4 is 16.6 Å². The standard InChI is InChI=1S/C22H24N4/c1-2-16(9-21-15(1)5-6-23-21)20-4-3-19(10-24-20)25-22-17-7-14-8-18(22)13-26(11-14)12-17/h1-6,9-10,14,17-18,22-23,25H,7-8,11-13H2. The molecule has 0 radical (unpaired) electrons. The number of piperidine rings is 3. The average molecular weight is 344 g/mol. The fourth-order valence-electron chi connectivity index (χ4n) is 5.69. The second-order valence-electron chi connectivity index (χ2n) is 8.46. The van der Waals surface area contributed by atoms with Gasteiger partial charge in [-0.3, -0.25) is 4.98 Å². The summed E-state index contributed by atoms with van der Waals surface area (Å²) in [5.74, 6) is 2.58. The second-order valence-corrected chi connectivity index (χ2v) is 8.46. The average Bonchev–Trinajstić information content (AvgIpc) is 3.12. The molecular weight excluding hydrogens is 320 g/mol. The molecule has 1 saturated carbocycles. The number of rotatable bonds is 3. The number of hydrogen-bond donors (Lipinski definition) is 2. The predicted molar refractivity (Wildman–Crippen MR) is 105 cm³/mol. The van der Waals surface area contributed by atoms with E-state index >= 15 is 0 Å². The number of benzene rings is 1. The van der Waals surface area contributed by atoms with E-state index in [0.29, 0.717) is 6.04 Å². The van der Waals surface area contributed by atoms with Crippen molar-refractivity contribution in [3.05, 3.63) is 48.8 Å². The number of pyridine rings is 1. The van der Waals surface area contributed by atoms with Gasteiger partial charge in [-0.15, -0.1) is 0 Å². The molecule has 132 valence electrons. The third-order valence-corrected chi connectivity index (χ3v) is 6.74. The molecule has 3 saturated heterocycles. The Morgan fingerprint density at radius 1 is 1.00 bits per heavy atom. The maximum Gasteiger partial charge on any atom is 0.0704 e. The summed E-state index contributed by atoms with van der Waals surface area (Å²) < 4.78 is 0. The van der Waals surface area contributed by atoms with Crippen LogP contribution in [-0.2, 0) is 0 Å². The summed E-state index contributed by atoms with van der Waals surface area (Å²) in [4.78, 5) is 10.7. The van der Waals surface area contributed by atoms with E-state index in [0.717, 1.165) is 34.5 Å². The first-order valence-corrected chi connectivity index (χ1v) is 9.84. The molecule has 4 bridgehead atoms. The fraction of sp³-hybridized carbons (Fsp3) is 0.409. The third-order valence-electron chi connectivity index (χ3n) is 6.74. The van der Waals surface area contributed by atoms with Gasteiger partial charge in [-0.25, -0.2) is 0 Å². The maximum absolute atomic E-state index is 4.74. The molecule has 5 heterocycles. The lowest BCUT2D eigenvalue weighted by Crippen LogP contribution is -2.62. The first kappa shape index (κ1) is 14.8. The van der Waals surface area contributed by atoms with Crippen LogP contribution in [0, 0.1) is 17.8 Å². The van der Waals surface area contributed by atoms with Crippen LogP contribution in [0.1, 0.15) is 12.8 Å². The summed E-state index contributed by atoms with van der Waals surface area (Å²) in [5, 5.41) is 5.07. The summed E-state index contributed by atoms with van der Waals surface area (Å²) in [5.41, 5.74) is 4.52. The van der Waals surface area contributed by atoms with Gasteiger partial charge < -0.3 is 15.2 Å². The van der Waals surface area contributed by atoms with E-state index in [1.807, 2.05) is 12.4 Å². The van der Waals surface area contributed by atoms with E-state index in [2.05, 4.69) is 51.6 Å². The third kappa shape index (κ3) is 2.36. The topological polar surface area (TPSA) is 44.0 Å². The van der Waals surface area contributed by atoms with Crippen molar-refractivity contribution in [1.29, 1.82) is 0 Å². The number of H-pyrrole nitrogens is 1. The molecule has 4 aliphatic rings. The Labute approximate surface area is 153 Å². The summed E-state index contributed by atoms with van der Waals surface area (Å²) in [6, 6.07) is 13.6. The van der Waals surface area contributed by atoms with Gasteiger partial charge in [0.05, 0.1) is 17.6 Å². The molecule has 2 unspecified atom stereocenters. The predicted octanol–water partition coefficient (Wildman–Crippen LogP) is 3.98. The molecule has 3 aromatic rings. The van der Waals surface area contributed by atoms with Crippen LogP contribution in [0.3, 0.4) is 0 Å². The number of aromatic amines is 1. The molecule has 4 nitrogen and oxygen atoms in total. The molecule has 26 heavy (non-hydrogen) atoms. The van der Waals surface area contributed by atoms with Crippen LogP contribution in [0.15, 0.2) is 48.8 Å². The van der Waals surface area contributed by atoms with Gasteiger partial charge in [-0.2, -0.15) is 0 Å². The van der Waals surface area contributed by atoms with Crippen LogP contribution >= 0.6 is 0 Å². The van der Waals surface area contributed by atoms with Crippen LogP contribution in [0.2, 0.25) is 0 Å². The normalized spacial score (nSPS) is 32.2. The summed E-state index contributed by atoms with van der Waals surface area (Å²) in [7, 11) is 0. The zero-order chi connectivity index (χ0) is 17.1. The Bertz CT molecular complexity index is 914. The Balaban J connectivity index is 1.23. The van der Waals surface area contributed by atoms with E-state index in [1.54, 1.807) is 0 Å². The van der Waals surface area contributed by atoms with Gasteiger partial charge in [0.15, 0.2) is 0 Å². The molecule has 2 aromatic heterocycles. The molecular formula is C22H24N4. The van der Waals surface area contributed by atoms with Gasteiger partial charge in [-0.05, 0) is 60.2 Å². The molecule has 7 rings (SSSR count). The van der Waals surface area contributed by atoms with E-state index in [1.165, 1.54) is 43.5 Å². The molecule has 2 atom stereocenters. The maximum atomic E-state index is 4.74. The van der Waals surface area contributed by atoms with Gasteiger partial charge in [0.25, 0.3) is 0 Å². The Morgan fingerprint density at radius 2 is 1.88 bits per heavy atom. The first-order chi connectivity index (χ1) is 12.8. The number of aromatic nitrogens is 2. The van der Waals surface area contributed by atoms with E-state index in [9.17, 15) is 0 Å². The van der Waals surface area contributed by atoms with Gasteiger partial charge in [0, 0.05) is 43.0 Å². The van der Waals surface area contributed by atoms with Gasteiger partial charge in [-0.1, -0.05) is 12.1 Å². The fourth-order valence-corrected chi connectivity index (χ4v) is 5.69. The Hall–Kier alpha value is -2.33. The summed E-state index contributed by atoms with van der Waals surface area (Å²) >= 11 is 0. The van der Waals surface area contributed by atoms with Gasteiger partial charge in [0.2, 0.25) is 0 Å². The quantitative estimate of drug-likeness (QED) is 0.755. The highest BCUT2D eigenvalue weighted by Crippen LogP contribution is 2.44. The summed E-state index contributed by atoms with van der Waals surface area (Å²) in [6.07, 6.45) is 6.81. The molecule has 0 amide bonds. The zero-order valence-corrected chi connectivity index (χ0v) is 14.9. The zero-order valence-electron chi connectivity index (χ0n) is 14.9. The summed E-state index contributed by atoms with van der Waals surface area (Å²) in [6.45, 7) is 3.92. The minimum atomic E-state index is 0.630.